The zero-order valence-electron chi connectivity index (χ0n) is 21.9. The van der Waals surface area contributed by atoms with Crippen molar-refractivity contribution in [2.45, 2.75) is 19.4 Å². The maximum Gasteiger partial charge on any atom is 0.290 e. The molecule has 11 heteroatoms. The van der Waals surface area contributed by atoms with E-state index in [1.165, 1.54) is 12.1 Å². The number of aromatic nitrogens is 3. The van der Waals surface area contributed by atoms with Crippen LogP contribution in [0.25, 0.3) is 17.3 Å². The van der Waals surface area contributed by atoms with Gasteiger partial charge in [-0.3, -0.25) is 19.9 Å². The van der Waals surface area contributed by atoms with Gasteiger partial charge in [-0.15, -0.1) is 0 Å². The number of benzene rings is 1. The third kappa shape index (κ3) is 6.79. The summed E-state index contributed by atoms with van der Waals surface area (Å²) in [5, 5.41) is 5.33. The number of imide groups is 1. The zero-order valence-corrected chi connectivity index (χ0v) is 22.7. The first-order chi connectivity index (χ1) is 18.8. The van der Waals surface area contributed by atoms with Crippen molar-refractivity contribution in [3.63, 3.8) is 0 Å². The summed E-state index contributed by atoms with van der Waals surface area (Å²) in [6.07, 6.45) is 5.21. The normalized spacial score (nSPS) is 17.1. The summed E-state index contributed by atoms with van der Waals surface area (Å²) in [6, 6.07) is 12.6. The first kappa shape index (κ1) is 26.8. The van der Waals surface area contributed by atoms with E-state index in [4.69, 9.17) is 4.98 Å². The van der Waals surface area contributed by atoms with Crippen LogP contribution in [-0.4, -0.2) is 59.8 Å². The number of thioether (sulfide) groups is 1. The number of halogens is 1. The van der Waals surface area contributed by atoms with Crippen LogP contribution in [0.4, 0.5) is 20.8 Å². The van der Waals surface area contributed by atoms with Gasteiger partial charge in [-0.25, -0.2) is 14.4 Å². The van der Waals surface area contributed by atoms with Gasteiger partial charge in [0.1, 0.15) is 5.82 Å². The van der Waals surface area contributed by atoms with Crippen LogP contribution in [0.3, 0.4) is 0 Å². The Bertz CT molecular complexity index is 1410. The molecule has 2 fully saturated rings. The SMILES string of the molecule is CN(C)c1cccc(-c2cc(F)cc(CNCC3CCN(c4nccc(/C=C5/SC(=O)NC5=O)n4)CC3)n2)c1. The van der Waals surface area contributed by atoms with Crippen molar-refractivity contribution < 1.29 is 14.0 Å². The molecule has 0 unspecified atom stereocenters. The number of hydrogen-bond acceptors (Lipinski definition) is 9. The highest BCUT2D eigenvalue weighted by atomic mass is 32.2. The van der Waals surface area contributed by atoms with Gasteiger partial charge in [0.05, 0.1) is 22.0 Å². The van der Waals surface area contributed by atoms with E-state index in [0.717, 1.165) is 55.5 Å². The van der Waals surface area contributed by atoms with Gasteiger partial charge in [0.2, 0.25) is 5.95 Å². The lowest BCUT2D eigenvalue weighted by Crippen LogP contribution is -2.38. The Morgan fingerprint density at radius 3 is 2.72 bits per heavy atom. The second-order valence-electron chi connectivity index (χ2n) is 9.80. The first-order valence-electron chi connectivity index (χ1n) is 12.8. The lowest BCUT2D eigenvalue weighted by Gasteiger charge is -2.32. The minimum absolute atomic E-state index is 0.294. The number of piperidine rings is 1. The van der Waals surface area contributed by atoms with Crippen molar-refractivity contribution in [2.24, 2.45) is 5.92 Å². The summed E-state index contributed by atoms with van der Waals surface area (Å²) in [6.45, 7) is 2.92. The molecule has 0 spiro atoms. The van der Waals surface area contributed by atoms with Gasteiger partial charge in [-0.2, -0.15) is 0 Å². The maximum atomic E-state index is 14.4. The summed E-state index contributed by atoms with van der Waals surface area (Å²) < 4.78 is 14.4. The van der Waals surface area contributed by atoms with Gasteiger partial charge >= 0.3 is 0 Å². The van der Waals surface area contributed by atoms with E-state index < -0.39 is 5.91 Å². The summed E-state index contributed by atoms with van der Waals surface area (Å²) in [5.74, 6) is 0.389. The molecular formula is C28H30FN7O2S. The van der Waals surface area contributed by atoms with E-state index in [2.05, 4.69) is 25.5 Å². The van der Waals surface area contributed by atoms with Gasteiger partial charge in [0.25, 0.3) is 11.1 Å². The van der Waals surface area contributed by atoms with Gasteiger partial charge < -0.3 is 15.1 Å². The minimum Gasteiger partial charge on any atom is -0.378 e. The fourth-order valence-corrected chi connectivity index (χ4v) is 5.29. The topological polar surface area (TPSA) is 103 Å². The molecule has 2 saturated heterocycles. The Morgan fingerprint density at radius 1 is 1.15 bits per heavy atom. The highest BCUT2D eigenvalue weighted by molar-refractivity contribution is 8.18. The van der Waals surface area contributed by atoms with E-state index in [1.54, 1.807) is 18.3 Å². The standard InChI is InChI=1S/C28H30FN7O2S/c1-35(2)23-5-3-4-19(12-23)24-14-20(29)13-22(32-24)17-30-16-18-7-10-36(11-8-18)27-31-9-6-21(33-27)15-25-26(37)34-28(38)39-25/h3-6,9,12-15,18,30H,7-8,10-11,16-17H2,1-2H3,(H,34,37,38)/b25-15+. The molecule has 5 rings (SSSR count). The number of hydrogen-bond donors (Lipinski definition) is 2. The van der Waals surface area contributed by atoms with Crippen LogP contribution in [-0.2, 0) is 11.3 Å². The van der Waals surface area contributed by atoms with Crippen molar-refractivity contribution in [2.75, 3.05) is 43.5 Å². The van der Waals surface area contributed by atoms with Crippen molar-refractivity contribution in [3.8, 4) is 11.3 Å². The summed E-state index contributed by atoms with van der Waals surface area (Å²) >= 11 is 0.871. The van der Waals surface area contributed by atoms with Gasteiger partial charge in [0, 0.05) is 57.2 Å². The predicted molar refractivity (Wildman–Crippen MR) is 152 cm³/mol. The smallest absolute Gasteiger partial charge is 0.290 e. The van der Waals surface area contributed by atoms with E-state index >= 15 is 0 Å². The number of nitrogens with one attached hydrogen (secondary N) is 2. The molecule has 2 amide bonds. The quantitative estimate of drug-likeness (QED) is 0.404. The fraction of sp³-hybridized carbons (Fsp3) is 0.321. The van der Waals surface area contributed by atoms with E-state index in [-0.39, 0.29) is 11.1 Å². The molecule has 3 aromatic rings. The van der Waals surface area contributed by atoms with E-state index in [0.29, 0.717) is 40.4 Å². The number of carbonyl (C=O) groups is 2. The minimum atomic E-state index is -0.401. The molecule has 2 N–H and O–H groups in total. The zero-order chi connectivity index (χ0) is 27.4. The molecule has 0 atom stereocenters. The largest absolute Gasteiger partial charge is 0.378 e. The van der Waals surface area contributed by atoms with Crippen molar-refractivity contribution in [3.05, 3.63) is 70.8 Å². The first-order valence-corrected chi connectivity index (χ1v) is 13.6. The Hall–Kier alpha value is -3.83. The van der Waals surface area contributed by atoms with Crippen LogP contribution in [0.5, 0.6) is 0 Å². The number of nitrogens with zero attached hydrogens (tertiary/aromatic N) is 5. The van der Waals surface area contributed by atoms with Crippen LogP contribution >= 0.6 is 11.8 Å². The van der Waals surface area contributed by atoms with Gasteiger partial charge in [-0.05, 0) is 67.4 Å². The van der Waals surface area contributed by atoms with Crippen LogP contribution in [0.2, 0.25) is 0 Å². The number of rotatable bonds is 8. The van der Waals surface area contributed by atoms with E-state index in [9.17, 15) is 14.0 Å². The molecule has 0 bridgehead atoms. The van der Waals surface area contributed by atoms with Crippen LogP contribution < -0.4 is 20.4 Å². The van der Waals surface area contributed by atoms with Crippen LogP contribution in [0.15, 0.2) is 53.6 Å². The predicted octanol–water partition coefficient (Wildman–Crippen LogP) is 4.07. The summed E-state index contributed by atoms with van der Waals surface area (Å²) in [5.41, 5.74) is 3.81. The molecule has 0 saturated carbocycles. The van der Waals surface area contributed by atoms with E-state index in [1.807, 2.05) is 43.3 Å². The Morgan fingerprint density at radius 2 is 1.97 bits per heavy atom. The van der Waals surface area contributed by atoms with Gasteiger partial charge in [0.15, 0.2) is 0 Å². The summed E-state index contributed by atoms with van der Waals surface area (Å²) in [7, 11) is 3.95. The van der Waals surface area contributed by atoms with Crippen LogP contribution in [0.1, 0.15) is 24.2 Å². The molecule has 202 valence electrons. The number of anilines is 2. The highest BCUT2D eigenvalue weighted by Gasteiger charge is 2.26. The molecule has 2 aliphatic rings. The average Bonchev–Trinajstić information content (AvgIpc) is 3.25. The van der Waals surface area contributed by atoms with Crippen molar-refractivity contribution in [1.82, 2.24) is 25.6 Å². The molecule has 9 nitrogen and oxygen atoms in total. The average molecular weight is 548 g/mol. The lowest BCUT2D eigenvalue weighted by molar-refractivity contribution is -0.115. The van der Waals surface area contributed by atoms with Gasteiger partial charge in [-0.1, -0.05) is 12.1 Å². The third-order valence-electron chi connectivity index (χ3n) is 6.72. The molecule has 4 heterocycles. The molecule has 0 aliphatic carbocycles. The monoisotopic (exact) mass is 547 g/mol. The molecular weight excluding hydrogens is 517 g/mol. The number of pyridine rings is 1. The second kappa shape index (κ2) is 11.9. The highest BCUT2D eigenvalue weighted by Crippen LogP contribution is 2.26. The summed E-state index contributed by atoms with van der Waals surface area (Å²) in [4.78, 5) is 41.4. The fourth-order valence-electron chi connectivity index (χ4n) is 4.62. The molecule has 39 heavy (non-hydrogen) atoms. The van der Waals surface area contributed by atoms with Crippen LogP contribution in [0, 0.1) is 11.7 Å². The van der Waals surface area contributed by atoms with Crippen molar-refractivity contribution >= 4 is 40.6 Å². The lowest BCUT2D eigenvalue weighted by atomic mass is 9.97. The maximum absolute atomic E-state index is 14.4. The molecule has 1 aromatic carbocycles. The Kier molecular flexibility index (Phi) is 8.18. The number of amides is 2. The Labute approximate surface area is 230 Å². The molecule has 2 aliphatic heterocycles. The molecule has 0 radical (unpaired) electrons. The third-order valence-corrected chi connectivity index (χ3v) is 7.53. The molecule has 2 aromatic heterocycles. The second-order valence-corrected chi connectivity index (χ2v) is 10.8. The number of carbonyl (C=O) groups excluding carboxylic acids is 2. The van der Waals surface area contributed by atoms with Crippen molar-refractivity contribution in [1.29, 1.82) is 0 Å². The Balaban J connectivity index is 1.14.